The normalized spacial score (nSPS) is 11.8. The lowest BCUT2D eigenvalue weighted by molar-refractivity contribution is 0.0326. The molecule has 174 valence electrons. The zero-order valence-electron chi connectivity index (χ0n) is 18.3. The molecular formula is C24H21N3O3S4. The number of carbonyl (C=O) groups excluding carboxylic acids is 1. The largest absolute Gasteiger partial charge is 0.458 e. The maximum atomic E-state index is 12.5. The molecule has 1 N–H and O–H groups in total. The van der Waals surface area contributed by atoms with Gasteiger partial charge in [-0.3, -0.25) is 4.79 Å². The Morgan fingerprint density at radius 3 is 2.68 bits per heavy atom. The van der Waals surface area contributed by atoms with Crippen molar-refractivity contribution >= 4 is 51.7 Å². The summed E-state index contributed by atoms with van der Waals surface area (Å²) in [6.07, 6.45) is 2.37. The van der Waals surface area contributed by atoms with Gasteiger partial charge in [-0.25, -0.2) is 9.78 Å². The summed E-state index contributed by atoms with van der Waals surface area (Å²) in [5, 5.41) is 13.9. The van der Waals surface area contributed by atoms with Gasteiger partial charge >= 0.3 is 5.97 Å². The first-order valence-electron chi connectivity index (χ1n) is 10.6. The average Bonchev–Trinajstić information content (AvgIpc) is 3.60. The van der Waals surface area contributed by atoms with E-state index < -0.39 is 5.56 Å². The number of ether oxygens (including phenoxy) is 1. The monoisotopic (exact) mass is 527 g/mol. The molecule has 0 saturated carbocycles. The fourth-order valence-electron chi connectivity index (χ4n) is 3.22. The van der Waals surface area contributed by atoms with Gasteiger partial charge in [0.05, 0.1) is 11.0 Å². The van der Waals surface area contributed by atoms with Crippen molar-refractivity contribution in [2.75, 3.05) is 5.75 Å². The molecule has 1 unspecified atom stereocenters. The van der Waals surface area contributed by atoms with Gasteiger partial charge in [-0.05, 0) is 61.2 Å². The van der Waals surface area contributed by atoms with Crippen LogP contribution in [0.5, 0.6) is 0 Å². The van der Waals surface area contributed by atoms with Crippen molar-refractivity contribution in [3.63, 3.8) is 0 Å². The average molecular weight is 528 g/mol. The van der Waals surface area contributed by atoms with Crippen LogP contribution in [0.3, 0.4) is 0 Å². The smallest absolute Gasteiger partial charge is 0.348 e. The molecule has 4 heterocycles. The van der Waals surface area contributed by atoms with Crippen LogP contribution in [-0.2, 0) is 4.74 Å². The molecule has 0 bridgehead atoms. The second-order valence-corrected chi connectivity index (χ2v) is 11.4. The van der Waals surface area contributed by atoms with Crippen LogP contribution < -0.4 is 5.56 Å². The molecule has 10 heteroatoms. The zero-order chi connectivity index (χ0) is 23.9. The van der Waals surface area contributed by atoms with Gasteiger partial charge in [-0.2, -0.15) is 5.26 Å². The van der Waals surface area contributed by atoms with Crippen LogP contribution in [-0.4, -0.2) is 27.8 Å². The third-order valence-electron chi connectivity index (χ3n) is 4.89. The maximum absolute atomic E-state index is 12.5. The highest BCUT2D eigenvalue weighted by Crippen LogP contribution is 2.36. The molecule has 0 aromatic carbocycles. The number of rotatable bonds is 10. The molecule has 6 nitrogen and oxygen atoms in total. The summed E-state index contributed by atoms with van der Waals surface area (Å²) >= 11 is 6.00. The Hall–Kier alpha value is -2.71. The van der Waals surface area contributed by atoms with Crippen molar-refractivity contribution in [1.82, 2.24) is 9.97 Å². The predicted molar refractivity (Wildman–Crippen MR) is 140 cm³/mol. The molecule has 4 rings (SSSR count). The number of thioether (sulfide) groups is 1. The highest BCUT2D eigenvalue weighted by Gasteiger charge is 2.17. The number of hydrogen-bond acceptors (Lipinski definition) is 9. The van der Waals surface area contributed by atoms with Crippen LogP contribution in [0.25, 0.3) is 20.3 Å². The maximum Gasteiger partial charge on any atom is 0.348 e. The van der Waals surface area contributed by atoms with Gasteiger partial charge in [0.1, 0.15) is 22.2 Å². The fraction of sp³-hybridized carbons (Fsp3) is 0.250. The van der Waals surface area contributed by atoms with Gasteiger partial charge in [0.15, 0.2) is 5.16 Å². The first-order chi connectivity index (χ1) is 16.5. The molecular weight excluding hydrogens is 507 g/mol. The van der Waals surface area contributed by atoms with Crippen LogP contribution >= 0.6 is 45.8 Å². The number of aromatic amines is 1. The number of H-pyrrole nitrogens is 1. The SMILES string of the molecule is CC(CCCCSc1nc(-c2ccc(-c3cccs3)s2)c(C#N)c(=O)[nH]1)OC(=O)c1cccs1. The molecule has 0 saturated heterocycles. The van der Waals surface area contributed by atoms with Gasteiger partial charge in [-0.15, -0.1) is 34.0 Å². The Balaban J connectivity index is 1.33. The van der Waals surface area contributed by atoms with Crippen molar-refractivity contribution in [1.29, 1.82) is 5.26 Å². The number of nitrogens with zero attached hydrogens (tertiary/aromatic N) is 2. The lowest BCUT2D eigenvalue weighted by Crippen LogP contribution is -2.15. The Bertz CT molecular complexity index is 1330. The number of unbranched alkanes of at least 4 members (excludes halogenated alkanes) is 1. The van der Waals surface area contributed by atoms with E-state index in [-0.39, 0.29) is 17.6 Å². The number of nitriles is 1. The second kappa shape index (κ2) is 11.6. The lowest BCUT2D eigenvalue weighted by Gasteiger charge is -2.12. The van der Waals surface area contributed by atoms with Gasteiger partial charge in [-0.1, -0.05) is 23.9 Å². The lowest BCUT2D eigenvalue weighted by atomic mass is 10.2. The van der Waals surface area contributed by atoms with E-state index in [1.807, 2.05) is 54.1 Å². The zero-order valence-corrected chi connectivity index (χ0v) is 21.5. The number of nitrogens with one attached hydrogen (secondary N) is 1. The first kappa shape index (κ1) is 24.4. The van der Waals surface area contributed by atoms with Gasteiger partial charge < -0.3 is 9.72 Å². The third-order valence-corrected chi connectivity index (χ3v) is 8.85. The summed E-state index contributed by atoms with van der Waals surface area (Å²) in [7, 11) is 0. The quantitative estimate of drug-likeness (QED) is 0.107. The van der Waals surface area contributed by atoms with Gasteiger partial charge in [0, 0.05) is 15.5 Å². The standard InChI is InChI=1S/C24H21N3O3S4/c1-15(30-23(29)20-8-5-13-32-20)6-2-3-11-33-24-26-21(16(14-25)22(28)27-24)19-10-9-18(34-19)17-7-4-12-31-17/h4-5,7-10,12-13,15H,2-3,6,11H2,1H3,(H,26,27,28). The van der Waals surface area contributed by atoms with E-state index in [0.29, 0.717) is 15.7 Å². The summed E-state index contributed by atoms with van der Waals surface area (Å²) < 4.78 is 5.47. The molecule has 0 aliphatic rings. The number of thiophene rings is 3. The second-order valence-electron chi connectivity index (χ2n) is 7.39. The number of aromatic nitrogens is 2. The topological polar surface area (TPSA) is 95.8 Å². The minimum atomic E-state index is -0.421. The molecule has 4 aromatic heterocycles. The predicted octanol–water partition coefficient (Wildman–Crippen LogP) is 6.67. The molecule has 0 aliphatic heterocycles. The summed E-state index contributed by atoms with van der Waals surface area (Å²) in [5.74, 6) is 0.477. The van der Waals surface area contributed by atoms with Crippen molar-refractivity contribution < 1.29 is 9.53 Å². The minimum Gasteiger partial charge on any atom is -0.458 e. The molecule has 0 fully saturated rings. The van der Waals surface area contributed by atoms with E-state index in [4.69, 9.17) is 4.74 Å². The molecule has 0 spiro atoms. The van der Waals surface area contributed by atoms with Crippen LogP contribution in [0.15, 0.2) is 57.1 Å². The summed E-state index contributed by atoms with van der Waals surface area (Å²) in [4.78, 5) is 35.5. The van der Waals surface area contributed by atoms with Gasteiger partial charge in [0.25, 0.3) is 5.56 Å². The molecule has 0 amide bonds. The number of hydrogen-bond donors (Lipinski definition) is 1. The van der Waals surface area contributed by atoms with Crippen LogP contribution in [0.1, 0.15) is 41.4 Å². The van der Waals surface area contributed by atoms with Crippen molar-refractivity contribution in [3.8, 4) is 26.4 Å². The van der Waals surface area contributed by atoms with E-state index in [0.717, 1.165) is 39.6 Å². The highest BCUT2D eigenvalue weighted by molar-refractivity contribution is 7.99. The third kappa shape index (κ3) is 6.04. The van der Waals surface area contributed by atoms with Crippen LogP contribution in [0.4, 0.5) is 0 Å². The van der Waals surface area contributed by atoms with Crippen LogP contribution in [0, 0.1) is 11.3 Å². The van der Waals surface area contributed by atoms with Crippen molar-refractivity contribution in [3.05, 3.63) is 68.0 Å². The molecule has 4 aromatic rings. The van der Waals surface area contributed by atoms with Crippen molar-refractivity contribution in [2.24, 2.45) is 0 Å². The summed E-state index contributed by atoms with van der Waals surface area (Å²) in [5.41, 5.74) is 0.0381. The molecule has 0 radical (unpaired) electrons. The van der Waals surface area contributed by atoms with Crippen molar-refractivity contribution in [2.45, 2.75) is 37.4 Å². The van der Waals surface area contributed by atoms with Gasteiger partial charge in [0.2, 0.25) is 0 Å². The Kier molecular flexibility index (Phi) is 8.34. The Morgan fingerprint density at radius 2 is 1.94 bits per heavy atom. The van der Waals surface area contributed by atoms with E-state index in [1.165, 1.54) is 34.4 Å². The first-order valence-corrected chi connectivity index (χ1v) is 14.2. The van der Waals surface area contributed by atoms with E-state index in [1.54, 1.807) is 17.4 Å². The summed E-state index contributed by atoms with van der Waals surface area (Å²) in [6.45, 7) is 1.90. The molecule has 1 atom stereocenters. The highest BCUT2D eigenvalue weighted by atomic mass is 32.2. The minimum absolute atomic E-state index is 0.0327. The van der Waals surface area contributed by atoms with E-state index in [2.05, 4.69) is 9.97 Å². The molecule has 0 aliphatic carbocycles. The Morgan fingerprint density at radius 1 is 1.15 bits per heavy atom. The van der Waals surface area contributed by atoms with E-state index in [9.17, 15) is 14.9 Å². The van der Waals surface area contributed by atoms with Crippen LogP contribution in [0.2, 0.25) is 0 Å². The fourth-order valence-corrected chi connectivity index (χ4v) is 6.52. The number of esters is 1. The van der Waals surface area contributed by atoms with E-state index >= 15 is 0 Å². The number of carbonyl (C=O) groups is 1. The molecule has 34 heavy (non-hydrogen) atoms. The Labute approximate surface area is 213 Å². The summed E-state index contributed by atoms with van der Waals surface area (Å²) in [6, 6.07) is 13.5.